The van der Waals surface area contributed by atoms with Gasteiger partial charge in [0.25, 0.3) is 5.91 Å². The zero-order chi connectivity index (χ0) is 17.4. The van der Waals surface area contributed by atoms with Gasteiger partial charge in [-0.05, 0) is 18.2 Å². The van der Waals surface area contributed by atoms with Crippen molar-refractivity contribution in [2.45, 2.75) is 6.42 Å². The number of hydrogen-bond donors (Lipinski definition) is 2. The van der Waals surface area contributed by atoms with E-state index in [0.717, 1.165) is 17.3 Å². The van der Waals surface area contributed by atoms with Crippen LogP contribution in [-0.4, -0.2) is 24.1 Å². The minimum atomic E-state index is -0.302. The van der Waals surface area contributed by atoms with Crippen LogP contribution >= 0.6 is 23.2 Å². The van der Waals surface area contributed by atoms with Gasteiger partial charge in [0.1, 0.15) is 5.69 Å². The molecular weight excluding hydrogens is 363 g/mol. The van der Waals surface area contributed by atoms with Crippen molar-refractivity contribution in [1.82, 2.24) is 4.98 Å². The van der Waals surface area contributed by atoms with Crippen LogP contribution in [-0.2, 0) is 0 Å². The maximum atomic E-state index is 12.6. The molecule has 0 saturated heterocycles. The number of amides is 1. The van der Waals surface area contributed by atoms with E-state index < -0.39 is 0 Å². The monoisotopic (exact) mass is 376 g/mol. The van der Waals surface area contributed by atoms with Crippen LogP contribution in [0.15, 0.2) is 36.4 Å². The third-order valence-electron chi connectivity index (χ3n) is 3.91. The summed E-state index contributed by atoms with van der Waals surface area (Å²) in [7, 11) is 0. The van der Waals surface area contributed by atoms with Crippen molar-refractivity contribution in [1.29, 1.82) is 0 Å². The Labute approximate surface area is 153 Å². The number of anilines is 1. The van der Waals surface area contributed by atoms with Crippen molar-refractivity contribution in [3.05, 3.63) is 52.1 Å². The molecule has 3 aromatic rings. The molecule has 25 heavy (non-hydrogen) atoms. The number of carbonyl (C=O) groups is 1. The Bertz CT molecular complexity index is 968. The van der Waals surface area contributed by atoms with Crippen LogP contribution in [0.25, 0.3) is 10.9 Å². The molecule has 0 spiro atoms. The molecule has 2 heterocycles. The van der Waals surface area contributed by atoms with Gasteiger partial charge in [-0.2, -0.15) is 0 Å². The molecular formula is C18H14Cl2N2O3. The summed E-state index contributed by atoms with van der Waals surface area (Å²) >= 11 is 12.2. The molecule has 4 rings (SSSR count). The molecule has 0 fully saturated rings. The first-order valence-corrected chi connectivity index (χ1v) is 8.54. The second-order valence-corrected chi connectivity index (χ2v) is 6.54. The molecule has 128 valence electrons. The second kappa shape index (κ2) is 6.50. The van der Waals surface area contributed by atoms with E-state index in [-0.39, 0.29) is 5.91 Å². The lowest BCUT2D eigenvalue weighted by molar-refractivity contribution is 0.102. The summed E-state index contributed by atoms with van der Waals surface area (Å²) in [6, 6.07) is 10.5. The summed E-state index contributed by atoms with van der Waals surface area (Å²) in [5.74, 6) is 0.852. The van der Waals surface area contributed by atoms with E-state index in [1.54, 1.807) is 30.3 Å². The zero-order valence-corrected chi connectivity index (χ0v) is 14.6. The minimum absolute atomic E-state index is 0.302. The third kappa shape index (κ3) is 3.25. The van der Waals surface area contributed by atoms with Gasteiger partial charge in [-0.3, -0.25) is 4.79 Å². The average Bonchev–Trinajstić information content (AvgIpc) is 2.88. The van der Waals surface area contributed by atoms with Crippen LogP contribution in [0, 0.1) is 0 Å². The number of hydrogen-bond acceptors (Lipinski definition) is 3. The van der Waals surface area contributed by atoms with E-state index in [4.69, 9.17) is 32.7 Å². The van der Waals surface area contributed by atoms with Gasteiger partial charge in [-0.1, -0.05) is 29.3 Å². The number of H-pyrrole nitrogens is 1. The van der Waals surface area contributed by atoms with E-state index in [0.29, 0.717) is 46.1 Å². The molecule has 2 aromatic carbocycles. The summed E-state index contributed by atoms with van der Waals surface area (Å²) in [4.78, 5) is 15.6. The molecule has 0 radical (unpaired) electrons. The molecule has 1 aliphatic rings. The predicted octanol–water partition coefficient (Wildman–Crippen LogP) is 4.89. The van der Waals surface area contributed by atoms with Crippen LogP contribution in [0.1, 0.15) is 16.9 Å². The first-order valence-electron chi connectivity index (χ1n) is 7.79. The van der Waals surface area contributed by atoms with Crippen LogP contribution in [0.5, 0.6) is 11.5 Å². The van der Waals surface area contributed by atoms with Crippen molar-refractivity contribution < 1.29 is 14.3 Å². The summed E-state index contributed by atoms with van der Waals surface area (Å²) in [6.45, 7) is 1.14. The lowest BCUT2D eigenvalue weighted by Gasteiger charge is -2.12. The lowest BCUT2D eigenvalue weighted by Crippen LogP contribution is -2.12. The number of benzene rings is 2. The highest BCUT2D eigenvalue weighted by Crippen LogP contribution is 2.37. The predicted molar refractivity (Wildman–Crippen MR) is 98.3 cm³/mol. The number of rotatable bonds is 2. The Hall–Kier alpha value is -2.37. The largest absolute Gasteiger partial charge is 0.490 e. The van der Waals surface area contributed by atoms with Crippen molar-refractivity contribution in [2.24, 2.45) is 0 Å². The Morgan fingerprint density at radius 2 is 1.80 bits per heavy atom. The van der Waals surface area contributed by atoms with E-state index in [1.807, 2.05) is 6.07 Å². The van der Waals surface area contributed by atoms with E-state index in [9.17, 15) is 4.79 Å². The fourth-order valence-electron chi connectivity index (χ4n) is 2.69. The molecule has 7 heteroatoms. The average molecular weight is 377 g/mol. The normalized spacial score (nSPS) is 13.5. The molecule has 5 nitrogen and oxygen atoms in total. The number of ether oxygens (including phenoxy) is 2. The Morgan fingerprint density at radius 1 is 1.04 bits per heavy atom. The molecule has 0 saturated carbocycles. The number of fused-ring (bicyclic) bond motifs is 2. The summed E-state index contributed by atoms with van der Waals surface area (Å²) in [6.07, 6.45) is 0.797. The number of halogens is 2. The lowest BCUT2D eigenvalue weighted by atomic mass is 10.2. The van der Waals surface area contributed by atoms with Gasteiger partial charge in [0.05, 0.1) is 23.9 Å². The van der Waals surface area contributed by atoms with Crippen molar-refractivity contribution in [3.63, 3.8) is 0 Å². The van der Waals surface area contributed by atoms with Crippen molar-refractivity contribution in [2.75, 3.05) is 18.5 Å². The third-order valence-corrected chi connectivity index (χ3v) is 4.46. The summed E-state index contributed by atoms with van der Waals surface area (Å²) in [5.41, 5.74) is 1.68. The number of aromatic amines is 1. The van der Waals surface area contributed by atoms with E-state index in [2.05, 4.69) is 10.3 Å². The van der Waals surface area contributed by atoms with Gasteiger partial charge in [0.2, 0.25) is 0 Å². The fourth-order valence-corrected chi connectivity index (χ4v) is 3.06. The maximum Gasteiger partial charge on any atom is 0.272 e. The fraction of sp³-hybridized carbons (Fsp3) is 0.167. The SMILES string of the molecule is O=C(Nc1cc2c(cc1Cl)OCCCO2)c1cc2ccc(Cl)cc2[nH]1. The van der Waals surface area contributed by atoms with Crippen LogP contribution in [0.2, 0.25) is 10.0 Å². The highest BCUT2D eigenvalue weighted by molar-refractivity contribution is 6.34. The number of nitrogens with one attached hydrogen (secondary N) is 2. The summed E-state index contributed by atoms with van der Waals surface area (Å²) in [5, 5.41) is 4.69. The van der Waals surface area contributed by atoms with Gasteiger partial charge in [-0.15, -0.1) is 0 Å². The quantitative estimate of drug-likeness (QED) is 0.669. The van der Waals surface area contributed by atoms with Crippen LogP contribution in [0.3, 0.4) is 0 Å². The molecule has 0 atom stereocenters. The van der Waals surface area contributed by atoms with Crippen molar-refractivity contribution >= 4 is 45.7 Å². The van der Waals surface area contributed by atoms with Crippen LogP contribution < -0.4 is 14.8 Å². The second-order valence-electron chi connectivity index (χ2n) is 5.70. The zero-order valence-electron chi connectivity index (χ0n) is 13.1. The number of carbonyl (C=O) groups excluding carboxylic acids is 1. The molecule has 1 aromatic heterocycles. The summed E-state index contributed by atoms with van der Waals surface area (Å²) < 4.78 is 11.2. The van der Waals surface area contributed by atoms with E-state index in [1.165, 1.54) is 0 Å². The minimum Gasteiger partial charge on any atom is -0.490 e. The molecule has 0 bridgehead atoms. The Kier molecular flexibility index (Phi) is 4.19. The maximum absolute atomic E-state index is 12.6. The van der Waals surface area contributed by atoms with Gasteiger partial charge < -0.3 is 19.8 Å². The molecule has 2 N–H and O–H groups in total. The smallest absolute Gasteiger partial charge is 0.272 e. The molecule has 1 amide bonds. The Balaban J connectivity index is 1.62. The Morgan fingerprint density at radius 3 is 2.60 bits per heavy atom. The standard InChI is InChI=1S/C18H14Cl2N2O3/c19-11-3-2-10-6-15(21-13(10)7-11)18(23)22-14-9-17-16(8-12(14)20)24-4-1-5-25-17/h2-3,6-9,21H,1,4-5H2,(H,22,23). The first kappa shape index (κ1) is 16.1. The highest BCUT2D eigenvalue weighted by Gasteiger charge is 2.17. The topological polar surface area (TPSA) is 63.4 Å². The van der Waals surface area contributed by atoms with Gasteiger partial charge in [0.15, 0.2) is 11.5 Å². The molecule has 1 aliphatic heterocycles. The van der Waals surface area contributed by atoms with Gasteiger partial charge >= 0.3 is 0 Å². The number of aromatic nitrogens is 1. The van der Waals surface area contributed by atoms with Gasteiger partial charge in [0, 0.05) is 34.5 Å². The molecule has 0 unspecified atom stereocenters. The van der Waals surface area contributed by atoms with E-state index >= 15 is 0 Å². The van der Waals surface area contributed by atoms with Crippen molar-refractivity contribution in [3.8, 4) is 11.5 Å². The highest BCUT2D eigenvalue weighted by atomic mass is 35.5. The van der Waals surface area contributed by atoms with Crippen LogP contribution in [0.4, 0.5) is 5.69 Å². The molecule has 0 aliphatic carbocycles. The first-order chi connectivity index (χ1) is 12.1. The van der Waals surface area contributed by atoms with Gasteiger partial charge in [-0.25, -0.2) is 0 Å².